The molecule has 3 N–H and O–H groups in total. The third kappa shape index (κ3) is 5.52. The molecule has 7 nitrogen and oxygen atoms in total. The number of primary amides is 1. The van der Waals surface area contributed by atoms with Crippen molar-refractivity contribution in [3.63, 3.8) is 0 Å². The highest BCUT2D eigenvalue weighted by atomic mass is 32.1. The molecule has 1 aromatic heterocycles. The molecule has 1 aromatic rings. The molecule has 2 heterocycles. The highest BCUT2D eigenvalue weighted by molar-refractivity contribution is 7.18. The largest absolute Gasteiger partial charge is 0.459 e. The minimum Gasteiger partial charge on any atom is -0.459 e. The van der Waals surface area contributed by atoms with Crippen molar-refractivity contribution < 1.29 is 19.1 Å². The molecule has 2 amide bonds. The number of ether oxygens (including phenoxy) is 1. The molecule has 2 unspecified atom stereocenters. The van der Waals surface area contributed by atoms with Gasteiger partial charge in [-0.25, -0.2) is 4.79 Å². The van der Waals surface area contributed by atoms with Crippen LogP contribution in [0.1, 0.15) is 59.7 Å². The van der Waals surface area contributed by atoms with Gasteiger partial charge in [0.1, 0.15) is 5.00 Å². The molecule has 150 valence electrons. The van der Waals surface area contributed by atoms with Gasteiger partial charge in [0.05, 0.1) is 23.1 Å². The van der Waals surface area contributed by atoms with Crippen molar-refractivity contribution in [2.45, 2.75) is 47.1 Å². The number of rotatable bonds is 6. The summed E-state index contributed by atoms with van der Waals surface area (Å²) in [5.74, 6) is -0.323. The Morgan fingerprint density at radius 1 is 1.26 bits per heavy atom. The third-order valence-corrected chi connectivity index (χ3v) is 5.70. The van der Waals surface area contributed by atoms with Crippen molar-refractivity contribution in [3.8, 4) is 0 Å². The van der Waals surface area contributed by atoms with Crippen molar-refractivity contribution in [2.75, 3.05) is 25.0 Å². The number of carbonyl (C=O) groups excluding carboxylic acids is 3. The van der Waals surface area contributed by atoms with Crippen LogP contribution in [0.4, 0.5) is 5.00 Å². The standard InChI is InChI=1S/C19H29N3O4S/c1-10(2)26-19(25)15-13(5)16(17(20)24)27-18(15)21-14(23)9-22-7-11(3)6-12(4)8-22/h10-12H,6-9H2,1-5H3,(H2,20,24)(H,21,23). The summed E-state index contributed by atoms with van der Waals surface area (Å²) in [5, 5.41) is 3.10. The van der Waals surface area contributed by atoms with Crippen LogP contribution < -0.4 is 11.1 Å². The molecule has 0 bridgehead atoms. The predicted octanol–water partition coefficient (Wildman–Crippen LogP) is 2.64. The molecule has 2 rings (SSSR count). The molecule has 8 heteroatoms. The van der Waals surface area contributed by atoms with Crippen LogP contribution in [-0.4, -0.2) is 48.4 Å². The Balaban J connectivity index is 2.18. The second kappa shape index (κ2) is 8.84. The maximum atomic E-state index is 12.6. The van der Waals surface area contributed by atoms with Gasteiger partial charge < -0.3 is 15.8 Å². The van der Waals surface area contributed by atoms with Crippen molar-refractivity contribution in [2.24, 2.45) is 17.6 Å². The van der Waals surface area contributed by atoms with Crippen molar-refractivity contribution >= 4 is 34.1 Å². The second-order valence-electron chi connectivity index (χ2n) is 7.77. The number of nitrogens with one attached hydrogen (secondary N) is 1. The van der Waals surface area contributed by atoms with E-state index in [0.29, 0.717) is 22.4 Å². The average Bonchev–Trinajstić information content (AvgIpc) is 2.81. The van der Waals surface area contributed by atoms with E-state index in [4.69, 9.17) is 10.5 Å². The Hall–Kier alpha value is -1.93. The molecule has 0 aliphatic carbocycles. The Kier molecular flexibility index (Phi) is 7.00. The van der Waals surface area contributed by atoms with Crippen molar-refractivity contribution in [1.82, 2.24) is 4.90 Å². The van der Waals surface area contributed by atoms with E-state index in [9.17, 15) is 14.4 Å². The maximum absolute atomic E-state index is 12.6. The van der Waals surface area contributed by atoms with Crippen LogP contribution in [0.15, 0.2) is 0 Å². The van der Waals surface area contributed by atoms with Crippen LogP contribution in [0.3, 0.4) is 0 Å². The molecule has 0 radical (unpaired) electrons. The number of piperidine rings is 1. The molecule has 1 saturated heterocycles. The molecular weight excluding hydrogens is 366 g/mol. The van der Waals surface area contributed by atoms with E-state index in [1.165, 1.54) is 0 Å². The van der Waals surface area contributed by atoms with E-state index >= 15 is 0 Å². The zero-order valence-corrected chi connectivity index (χ0v) is 17.4. The van der Waals surface area contributed by atoms with Crippen molar-refractivity contribution in [3.05, 3.63) is 16.0 Å². The highest BCUT2D eigenvalue weighted by Gasteiger charge is 2.28. The number of carbonyl (C=O) groups is 3. The van der Waals surface area contributed by atoms with Gasteiger partial charge in [-0.15, -0.1) is 11.3 Å². The SMILES string of the molecule is Cc1c(C(N)=O)sc(NC(=O)CN2CC(C)CC(C)C2)c1C(=O)OC(C)C. The fourth-order valence-corrected chi connectivity index (χ4v) is 4.71. The molecule has 1 aliphatic rings. The van der Waals surface area contributed by atoms with Gasteiger partial charge in [-0.3, -0.25) is 14.5 Å². The van der Waals surface area contributed by atoms with Gasteiger partial charge in [0.25, 0.3) is 5.91 Å². The summed E-state index contributed by atoms with van der Waals surface area (Å²) in [7, 11) is 0. The topological polar surface area (TPSA) is 102 Å². The predicted molar refractivity (Wildman–Crippen MR) is 106 cm³/mol. The zero-order chi connectivity index (χ0) is 20.3. The molecule has 1 fully saturated rings. The lowest BCUT2D eigenvalue weighted by atomic mass is 9.92. The summed E-state index contributed by atoms with van der Waals surface area (Å²) in [5.41, 5.74) is 6.05. The number of likely N-dealkylation sites (tertiary alicyclic amines) is 1. The number of nitrogens with two attached hydrogens (primary N) is 1. The van der Waals surface area contributed by atoms with E-state index in [0.717, 1.165) is 30.8 Å². The second-order valence-corrected chi connectivity index (χ2v) is 8.79. The fraction of sp³-hybridized carbons (Fsp3) is 0.632. The minimum absolute atomic E-state index is 0.205. The Morgan fingerprint density at radius 2 is 1.85 bits per heavy atom. The van der Waals surface area contributed by atoms with Crippen LogP contribution in [0, 0.1) is 18.8 Å². The monoisotopic (exact) mass is 395 g/mol. The smallest absolute Gasteiger partial charge is 0.341 e. The molecule has 0 spiro atoms. The first-order valence-corrected chi connectivity index (χ1v) is 10.1. The summed E-state index contributed by atoms with van der Waals surface area (Å²) >= 11 is 1.02. The summed E-state index contributed by atoms with van der Waals surface area (Å²) < 4.78 is 5.26. The van der Waals surface area contributed by atoms with Crippen LogP contribution in [0.25, 0.3) is 0 Å². The lowest BCUT2D eigenvalue weighted by molar-refractivity contribution is -0.117. The van der Waals surface area contributed by atoms with Crippen LogP contribution >= 0.6 is 11.3 Å². The molecule has 2 atom stereocenters. The van der Waals surface area contributed by atoms with Gasteiger partial charge in [0, 0.05) is 13.1 Å². The molecule has 0 aromatic carbocycles. The molecular formula is C19H29N3O4S. The highest BCUT2D eigenvalue weighted by Crippen LogP contribution is 2.34. The van der Waals surface area contributed by atoms with Gasteiger partial charge in [0.2, 0.25) is 5.91 Å². The Labute approximate surface area is 164 Å². The van der Waals surface area contributed by atoms with Gasteiger partial charge in [-0.1, -0.05) is 13.8 Å². The van der Waals surface area contributed by atoms with Crippen LogP contribution in [-0.2, 0) is 9.53 Å². The minimum atomic E-state index is -0.629. The lowest BCUT2D eigenvalue weighted by Crippen LogP contribution is -2.42. The summed E-state index contributed by atoms with van der Waals surface area (Å²) in [6.07, 6.45) is 0.851. The van der Waals surface area contributed by atoms with Crippen molar-refractivity contribution in [1.29, 1.82) is 0 Å². The van der Waals surface area contributed by atoms with Gasteiger partial charge in [-0.05, 0) is 44.6 Å². The number of anilines is 1. The van der Waals surface area contributed by atoms with Gasteiger partial charge in [-0.2, -0.15) is 0 Å². The summed E-state index contributed by atoms with van der Waals surface area (Å²) in [4.78, 5) is 39.1. The Morgan fingerprint density at radius 3 is 2.37 bits per heavy atom. The lowest BCUT2D eigenvalue weighted by Gasteiger charge is -2.34. The third-order valence-electron chi connectivity index (χ3n) is 4.48. The maximum Gasteiger partial charge on any atom is 0.341 e. The van der Waals surface area contributed by atoms with Crippen LogP contribution in [0.2, 0.25) is 0 Å². The number of hydrogen-bond donors (Lipinski definition) is 2. The first kappa shape index (κ1) is 21.4. The van der Waals surface area contributed by atoms with E-state index < -0.39 is 11.9 Å². The number of esters is 1. The first-order valence-electron chi connectivity index (χ1n) is 9.24. The molecule has 27 heavy (non-hydrogen) atoms. The first-order chi connectivity index (χ1) is 12.6. The number of amides is 2. The average molecular weight is 396 g/mol. The van der Waals surface area contributed by atoms with E-state index in [2.05, 4.69) is 24.1 Å². The molecule has 0 saturated carbocycles. The zero-order valence-electron chi connectivity index (χ0n) is 16.6. The van der Waals surface area contributed by atoms with Crippen LogP contribution in [0.5, 0.6) is 0 Å². The van der Waals surface area contributed by atoms with E-state index in [-0.39, 0.29) is 29.0 Å². The van der Waals surface area contributed by atoms with Gasteiger partial charge >= 0.3 is 5.97 Å². The molecule has 1 aliphatic heterocycles. The quantitative estimate of drug-likeness (QED) is 0.721. The number of hydrogen-bond acceptors (Lipinski definition) is 6. The van der Waals surface area contributed by atoms with Gasteiger partial charge in [0.15, 0.2) is 0 Å². The van der Waals surface area contributed by atoms with E-state index in [1.54, 1.807) is 20.8 Å². The summed E-state index contributed by atoms with van der Waals surface area (Å²) in [6.45, 7) is 11.5. The number of thiophene rings is 1. The van der Waals surface area contributed by atoms with E-state index in [1.807, 2.05) is 0 Å². The fourth-order valence-electron chi connectivity index (χ4n) is 3.65. The normalized spacial score (nSPS) is 20.5. The number of nitrogens with zero attached hydrogens (tertiary/aromatic N) is 1. The summed E-state index contributed by atoms with van der Waals surface area (Å²) in [6, 6.07) is 0. The Bertz CT molecular complexity index is 719.